The van der Waals surface area contributed by atoms with Crippen LogP contribution in [-0.4, -0.2) is 0 Å². The van der Waals surface area contributed by atoms with E-state index >= 15 is 0 Å². The quantitative estimate of drug-likeness (QED) is 0.610. The number of hydrogen-bond donors (Lipinski definition) is 0. The summed E-state index contributed by atoms with van der Waals surface area (Å²) >= 11 is 0. The molecule has 4 rings (SSSR count). The standard InChI is InChI=1S/C17H12/c1-3-7-14-12(5-1)9-10-16-15-8-4-2-6-13(15)11-17(14)16/h1-11,15H. The highest BCUT2D eigenvalue weighted by molar-refractivity contribution is 5.95. The maximum Gasteiger partial charge on any atom is 0.0278 e. The molecule has 0 aromatic heterocycles. The Kier molecular flexibility index (Phi) is 1.70. The molecule has 0 saturated carbocycles. The third-order valence-electron chi connectivity index (χ3n) is 3.71. The van der Waals surface area contributed by atoms with Gasteiger partial charge in [-0.3, -0.25) is 0 Å². The van der Waals surface area contributed by atoms with Gasteiger partial charge in [-0.15, -0.1) is 0 Å². The van der Waals surface area contributed by atoms with Crippen molar-refractivity contribution in [2.45, 2.75) is 5.92 Å². The third-order valence-corrected chi connectivity index (χ3v) is 3.71. The van der Waals surface area contributed by atoms with Gasteiger partial charge in [0.15, 0.2) is 0 Å². The number of fused-ring (bicyclic) bond motifs is 5. The summed E-state index contributed by atoms with van der Waals surface area (Å²) in [7, 11) is 0. The van der Waals surface area contributed by atoms with Crippen molar-refractivity contribution < 1.29 is 0 Å². The monoisotopic (exact) mass is 216 g/mol. The van der Waals surface area contributed by atoms with Gasteiger partial charge in [0.05, 0.1) is 0 Å². The summed E-state index contributed by atoms with van der Waals surface area (Å²) in [6.45, 7) is 0. The van der Waals surface area contributed by atoms with E-state index in [4.69, 9.17) is 0 Å². The van der Waals surface area contributed by atoms with Gasteiger partial charge in [0.1, 0.15) is 0 Å². The number of benzene rings is 2. The fraction of sp³-hybridized carbons (Fsp3) is 0.0588. The fourth-order valence-electron chi connectivity index (χ4n) is 2.89. The smallest absolute Gasteiger partial charge is 0.0278 e. The number of rotatable bonds is 0. The average Bonchev–Trinajstić information content (AvgIpc) is 2.78. The van der Waals surface area contributed by atoms with E-state index in [2.05, 4.69) is 66.8 Å². The Morgan fingerprint density at radius 2 is 1.82 bits per heavy atom. The zero-order valence-electron chi connectivity index (χ0n) is 9.43. The molecule has 0 heteroatoms. The van der Waals surface area contributed by atoms with E-state index < -0.39 is 0 Å². The van der Waals surface area contributed by atoms with Crippen molar-refractivity contribution in [1.82, 2.24) is 0 Å². The maximum atomic E-state index is 2.34. The topological polar surface area (TPSA) is 0 Å². The SMILES string of the molecule is C1=CC2=Cc3c(ccc4ccccc34)C2C=C1. The molecule has 2 aliphatic carbocycles. The molecule has 2 aromatic carbocycles. The largest absolute Gasteiger partial charge is 0.0726 e. The molecule has 0 saturated heterocycles. The summed E-state index contributed by atoms with van der Waals surface area (Å²) < 4.78 is 0. The van der Waals surface area contributed by atoms with E-state index in [1.165, 1.54) is 27.5 Å². The first-order valence-electron chi connectivity index (χ1n) is 6.01. The predicted octanol–water partition coefficient (Wildman–Crippen LogP) is 4.45. The Labute approximate surface area is 101 Å². The molecule has 0 amide bonds. The summed E-state index contributed by atoms with van der Waals surface area (Å²) in [4.78, 5) is 0. The van der Waals surface area contributed by atoms with Crippen molar-refractivity contribution in [2.24, 2.45) is 0 Å². The van der Waals surface area contributed by atoms with Gasteiger partial charge in [0.2, 0.25) is 0 Å². The minimum Gasteiger partial charge on any atom is -0.0726 e. The zero-order chi connectivity index (χ0) is 11.2. The first kappa shape index (κ1) is 9.00. The lowest BCUT2D eigenvalue weighted by Gasteiger charge is -2.12. The van der Waals surface area contributed by atoms with Crippen molar-refractivity contribution in [3.05, 3.63) is 77.4 Å². The van der Waals surface area contributed by atoms with E-state index in [9.17, 15) is 0 Å². The second kappa shape index (κ2) is 3.21. The summed E-state index contributed by atoms with van der Waals surface area (Å²) in [6.07, 6.45) is 11.1. The predicted molar refractivity (Wildman–Crippen MR) is 72.9 cm³/mol. The molecule has 0 spiro atoms. The van der Waals surface area contributed by atoms with Gasteiger partial charge in [0, 0.05) is 5.92 Å². The lowest BCUT2D eigenvalue weighted by atomic mass is 9.91. The minimum absolute atomic E-state index is 0.472. The van der Waals surface area contributed by atoms with Crippen molar-refractivity contribution in [3.8, 4) is 0 Å². The molecule has 0 nitrogen and oxygen atoms in total. The van der Waals surface area contributed by atoms with E-state index in [-0.39, 0.29) is 0 Å². The van der Waals surface area contributed by atoms with Gasteiger partial charge in [-0.05, 0) is 33.5 Å². The highest BCUT2D eigenvalue weighted by Gasteiger charge is 2.23. The highest BCUT2D eigenvalue weighted by Crippen LogP contribution is 2.42. The van der Waals surface area contributed by atoms with Crippen molar-refractivity contribution in [3.63, 3.8) is 0 Å². The summed E-state index contributed by atoms with van der Waals surface area (Å²) in [5, 5.41) is 2.70. The van der Waals surface area contributed by atoms with Gasteiger partial charge in [-0.25, -0.2) is 0 Å². The summed E-state index contributed by atoms with van der Waals surface area (Å²) in [5.74, 6) is 0.472. The van der Waals surface area contributed by atoms with Gasteiger partial charge in [-0.1, -0.05) is 60.7 Å². The van der Waals surface area contributed by atoms with Crippen LogP contribution in [0.2, 0.25) is 0 Å². The Hall–Kier alpha value is -2.08. The molecule has 2 aromatic rings. The fourth-order valence-corrected chi connectivity index (χ4v) is 2.89. The number of hydrogen-bond acceptors (Lipinski definition) is 0. The van der Waals surface area contributed by atoms with Gasteiger partial charge in [0.25, 0.3) is 0 Å². The lowest BCUT2D eigenvalue weighted by Crippen LogP contribution is -1.95. The molecule has 2 aliphatic rings. The van der Waals surface area contributed by atoms with Crippen molar-refractivity contribution in [1.29, 1.82) is 0 Å². The molecule has 80 valence electrons. The van der Waals surface area contributed by atoms with Gasteiger partial charge < -0.3 is 0 Å². The van der Waals surface area contributed by atoms with Crippen LogP contribution in [-0.2, 0) is 0 Å². The van der Waals surface area contributed by atoms with Crippen LogP contribution in [0, 0.1) is 0 Å². The van der Waals surface area contributed by atoms with E-state index in [0.29, 0.717) is 5.92 Å². The Morgan fingerprint density at radius 3 is 2.82 bits per heavy atom. The molecule has 0 radical (unpaired) electrons. The second-order valence-electron chi connectivity index (χ2n) is 4.66. The normalized spacial score (nSPS) is 20.2. The maximum absolute atomic E-state index is 2.34. The molecule has 0 bridgehead atoms. The second-order valence-corrected chi connectivity index (χ2v) is 4.66. The number of allylic oxidation sites excluding steroid dienone is 5. The minimum atomic E-state index is 0.472. The van der Waals surface area contributed by atoms with Crippen LogP contribution in [0.4, 0.5) is 0 Å². The first-order valence-corrected chi connectivity index (χ1v) is 6.01. The first-order chi connectivity index (χ1) is 8.43. The molecule has 0 aliphatic heterocycles. The molecular formula is C17H12. The van der Waals surface area contributed by atoms with Crippen molar-refractivity contribution in [2.75, 3.05) is 0 Å². The molecule has 0 N–H and O–H groups in total. The van der Waals surface area contributed by atoms with Crippen LogP contribution in [0.5, 0.6) is 0 Å². The van der Waals surface area contributed by atoms with Crippen molar-refractivity contribution >= 4 is 16.8 Å². The van der Waals surface area contributed by atoms with Crippen LogP contribution in [0.3, 0.4) is 0 Å². The highest BCUT2D eigenvalue weighted by atomic mass is 14.3. The molecule has 1 atom stereocenters. The summed E-state index contributed by atoms with van der Waals surface area (Å²) in [6, 6.07) is 13.1. The van der Waals surface area contributed by atoms with Crippen LogP contribution in [0.25, 0.3) is 16.8 Å². The van der Waals surface area contributed by atoms with E-state index in [1.807, 2.05) is 0 Å². The van der Waals surface area contributed by atoms with E-state index in [0.717, 1.165) is 0 Å². The molecule has 1 unspecified atom stereocenters. The zero-order valence-corrected chi connectivity index (χ0v) is 9.43. The van der Waals surface area contributed by atoms with Crippen LogP contribution in [0.15, 0.2) is 66.3 Å². The Bertz CT molecular complexity index is 699. The van der Waals surface area contributed by atoms with Gasteiger partial charge >= 0.3 is 0 Å². The molecule has 0 fully saturated rings. The average molecular weight is 216 g/mol. The van der Waals surface area contributed by atoms with Gasteiger partial charge in [-0.2, -0.15) is 0 Å². The lowest BCUT2D eigenvalue weighted by molar-refractivity contribution is 1.05. The molecule has 17 heavy (non-hydrogen) atoms. The third kappa shape index (κ3) is 1.18. The Balaban J connectivity index is 2.08. The van der Waals surface area contributed by atoms with E-state index in [1.54, 1.807) is 0 Å². The van der Waals surface area contributed by atoms with Crippen LogP contribution >= 0.6 is 0 Å². The Morgan fingerprint density at radius 1 is 0.882 bits per heavy atom. The van der Waals surface area contributed by atoms with Crippen LogP contribution < -0.4 is 0 Å². The molecular weight excluding hydrogens is 204 g/mol. The van der Waals surface area contributed by atoms with Crippen LogP contribution in [0.1, 0.15) is 17.0 Å². The molecule has 0 heterocycles. The summed E-state index contributed by atoms with van der Waals surface area (Å²) in [5.41, 5.74) is 4.26.